The number of hydrogen-bond acceptors (Lipinski definition) is 3. The molecule has 1 N–H and O–H groups in total. The highest BCUT2D eigenvalue weighted by molar-refractivity contribution is 6.34. The molecule has 0 atom stereocenters. The van der Waals surface area contributed by atoms with Crippen LogP contribution in [0.2, 0.25) is 0 Å². The van der Waals surface area contributed by atoms with Crippen LogP contribution in [0.1, 0.15) is 13.8 Å². The molecule has 0 aliphatic heterocycles. The third kappa shape index (κ3) is 2.28. The van der Waals surface area contributed by atoms with Crippen molar-refractivity contribution in [2.24, 2.45) is 0 Å². The summed E-state index contributed by atoms with van der Waals surface area (Å²) in [4.78, 5) is 21.5. The van der Waals surface area contributed by atoms with Gasteiger partial charge in [0.2, 0.25) is 11.8 Å². The van der Waals surface area contributed by atoms with Crippen molar-refractivity contribution in [3.63, 3.8) is 0 Å². The second-order valence-electron chi connectivity index (χ2n) is 1.61. The Bertz CT molecular complexity index is 122. The van der Waals surface area contributed by atoms with Gasteiger partial charge in [0.25, 0.3) is 0 Å². The Morgan fingerprint density at radius 3 is 1.67 bits per heavy atom. The van der Waals surface area contributed by atoms with Gasteiger partial charge in [-0.15, -0.1) is 0 Å². The van der Waals surface area contributed by atoms with Crippen LogP contribution in [0.5, 0.6) is 0 Å². The van der Waals surface area contributed by atoms with Gasteiger partial charge in [0.1, 0.15) is 0 Å². The summed E-state index contributed by atoms with van der Waals surface area (Å²) >= 11 is 0. The van der Waals surface area contributed by atoms with E-state index >= 15 is 0 Å². The molecule has 5 heteroatoms. The number of nitrogens with zero attached hydrogens (tertiary/aromatic N) is 1. The monoisotopic (exact) mass is 129 g/mol. The normalized spacial score (nSPS) is 8.33. The van der Waals surface area contributed by atoms with Crippen LogP contribution in [0.4, 0.5) is 0 Å². The van der Waals surface area contributed by atoms with Crippen molar-refractivity contribution >= 4 is 19.4 Å². The van der Waals surface area contributed by atoms with E-state index in [9.17, 15) is 9.59 Å². The molecule has 0 aromatic heterocycles. The number of imide groups is 1. The van der Waals surface area contributed by atoms with Gasteiger partial charge in [-0.3, -0.25) is 9.59 Å². The van der Waals surface area contributed by atoms with Crippen LogP contribution < -0.4 is 0 Å². The zero-order chi connectivity index (χ0) is 7.44. The average molecular weight is 129 g/mol. The first-order valence-corrected chi connectivity index (χ1v) is 2.49. The summed E-state index contributed by atoms with van der Waals surface area (Å²) < 4.78 is 0. The Hall–Kier alpha value is -0.835. The van der Waals surface area contributed by atoms with Gasteiger partial charge in [0.05, 0.1) is 0 Å². The number of amides is 2. The van der Waals surface area contributed by atoms with E-state index in [0.717, 1.165) is 4.81 Å². The molecule has 0 aliphatic carbocycles. The summed E-state index contributed by atoms with van der Waals surface area (Å²) in [6, 6.07) is 0. The molecule has 0 bridgehead atoms. The van der Waals surface area contributed by atoms with E-state index in [1.165, 1.54) is 13.8 Å². The van der Waals surface area contributed by atoms with Crippen molar-refractivity contribution in [3.8, 4) is 0 Å². The quantitative estimate of drug-likeness (QED) is 0.445. The molecule has 0 fully saturated rings. The Balaban J connectivity index is 3.99. The molecule has 0 unspecified atom stereocenters. The van der Waals surface area contributed by atoms with Crippen molar-refractivity contribution in [2.45, 2.75) is 13.8 Å². The van der Waals surface area contributed by atoms with Gasteiger partial charge in [-0.2, -0.15) is 0 Å². The lowest BCUT2D eigenvalue weighted by Crippen LogP contribution is -2.36. The van der Waals surface area contributed by atoms with E-state index in [4.69, 9.17) is 5.02 Å². The molecular formula is C4H8BNO3. The van der Waals surface area contributed by atoms with Crippen molar-refractivity contribution in [1.82, 2.24) is 4.81 Å². The molecule has 0 saturated heterocycles. The van der Waals surface area contributed by atoms with Crippen LogP contribution in [0.15, 0.2) is 0 Å². The number of carbonyl (C=O) groups is 2. The molecule has 0 rings (SSSR count). The standard InChI is InChI=1S/C4H8BNO3/c1-3(7)6(5-9)4(2)8/h5,9H,1-2H3. The fourth-order valence-corrected chi connectivity index (χ4v) is 0.421. The maximum atomic E-state index is 10.4. The van der Waals surface area contributed by atoms with Gasteiger partial charge in [-0.05, 0) is 0 Å². The van der Waals surface area contributed by atoms with Crippen LogP contribution in [0, 0.1) is 0 Å². The maximum absolute atomic E-state index is 10.4. The predicted molar refractivity (Wildman–Crippen MR) is 32.6 cm³/mol. The fourth-order valence-electron chi connectivity index (χ4n) is 0.421. The van der Waals surface area contributed by atoms with Gasteiger partial charge >= 0.3 is 7.62 Å². The zero-order valence-corrected chi connectivity index (χ0v) is 5.42. The number of carbonyl (C=O) groups excluding carboxylic acids is 2. The topological polar surface area (TPSA) is 57.6 Å². The van der Waals surface area contributed by atoms with Crippen molar-refractivity contribution < 1.29 is 14.6 Å². The molecule has 50 valence electrons. The lowest BCUT2D eigenvalue weighted by Gasteiger charge is -2.10. The van der Waals surface area contributed by atoms with Crippen molar-refractivity contribution in [3.05, 3.63) is 0 Å². The van der Waals surface area contributed by atoms with Crippen LogP contribution in [-0.2, 0) is 9.59 Å². The lowest BCUT2D eigenvalue weighted by atomic mass is 10.2. The third-order valence-electron chi connectivity index (χ3n) is 0.902. The minimum Gasteiger partial charge on any atom is -0.435 e. The molecule has 0 heterocycles. The van der Waals surface area contributed by atoms with E-state index in [1.807, 2.05) is 0 Å². The molecule has 0 aromatic carbocycles. The van der Waals surface area contributed by atoms with Crippen molar-refractivity contribution in [2.75, 3.05) is 0 Å². The minimum absolute atomic E-state index is 0.440. The highest BCUT2D eigenvalue weighted by Crippen LogP contribution is 1.84. The molecule has 2 amide bonds. The van der Waals surface area contributed by atoms with E-state index in [-0.39, 0.29) is 0 Å². The predicted octanol–water partition coefficient (Wildman–Crippen LogP) is -1.36. The highest BCUT2D eigenvalue weighted by atomic mass is 16.2. The van der Waals surface area contributed by atoms with Crippen LogP contribution in [0.25, 0.3) is 0 Å². The summed E-state index contributed by atoms with van der Waals surface area (Å²) in [7, 11) is -0.537. The minimum atomic E-state index is -0.537. The van der Waals surface area contributed by atoms with E-state index in [0.29, 0.717) is 0 Å². The molecule has 0 radical (unpaired) electrons. The Morgan fingerprint density at radius 2 is 1.67 bits per heavy atom. The van der Waals surface area contributed by atoms with E-state index in [2.05, 4.69) is 0 Å². The van der Waals surface area contributed by atoms with E-state index in [1.54, 1.807) is 0 Å². The first-order valence-electron chi connectivity index (χ1n) is 2.49. The van der Waals surface area contributed by atoms with Gasteiger partial charge in [0, 0.05) is 13.8 Å². The second kappa shape index (κ2) is 3.24. The first-order chi connectivity index (χ1) is 4.09. The lowest BCUT2D eigenvalue weighted by molar-refractivity contribution is -0.136. The molecule has 0 aromatic rings. The molecule has 0 aliphatic rings. The summed E-state index contributed by atoms with van der Waals surface area (Å²) in [6.07, 6.45) is 0. The van der Waals surface area contributed by atoms with E-state index < -0.39 is 19.4 Å². The highest BCUT2D eigenvalue weighted by Gasteiger charge is 2.11. The molecule has 0 spiro atoms. The summed E-state index contributed by atoms with van der Waals surface area (Å²) in [5.74, 6) is -0.880. The second-order valence-corrected chi connectivity index (χ2v) is 1.61. The van der Waals surface area contributed by atoms with Crippen LogP contribution in [-0.4, -0.2) is 29.3 Å². The zero-order valence-electron chi connectivity index (χ0n) is 5.42. The van der Waals surface area contributed by atoms with Gasteiger partial charge < -0.3 is 9.83 Å². The number of rotatable bonds is 1. The first kappa shape index (κ1) is 8.16. The molecule has 9 heavy (non-hydrogen) atoms. The van der Waals surface area contributed by atoms with Gasteiger partial charge in [-0.25, -0.2) is 0 Å². The summed E-state index contributed by atoms with van der Waals surface area (Å²) in [5, 5.41) is 8.35. The SMILES string of the molecule is CC(=O)N(BO)C(C)=O. The molecule has 4 nitrogen and oxygen atoms in total. The summed E-state index contributed by atoms with van der Waals surface area (Å²) in [5.41, 5.74) is 0. The Morgan fingerprint density at radius 1 is 1.33 bits per heavy atom. The van der Waals surface area contributed by atoms with Gasteiger partial charge in [0.15, 0.2) is 0 Å². The summed E-state index contributed by atoms with van der Waals surface area (Å²) in [6.45, 7) is 2.44. The third-order valence-corrected chi connectivity index (χ3v) is 0.902. The Kier molecular flexibility index (Phi) is 2.94. The maximum Gasteiger partial charge on any atom is 0.403 e. The average Bonchev–Trinajstić information content (AvgIpc) is 1.64. The fraction of sp³-hybridized carbons (Fsp3) is 0.500. The molecule has 0 saturated carbocycles. The van der Waals surface area contributed by atoms with Crippen LogP contribution in [0.3, 0.4) is 0 Å². The van der Waals surface area contributed by atoms with Gasteiger partial charge in [-0.1, -0.05) is 0 Å². The number of hydrogen-bond donors (Lipinski definition) is 1. The molecular weight excluding hydrogens is 121 g/mol. The van der Waals surface area contributed by atoms with Crippen LogP contribution >= 0.6 is 0 Å². The van der Waals surface area contributed by atoms with Crippen molar-refractivity contribution in [1.29, 1.82) is 0 Å². The smallest absolute Gasteiger partial charge is 0.403 e. The Labute approximate surface area is 53.8 Å². The largest absolute Gasteiger partial charge is 0.435 e.